The zero-order valence-corrected chi connectivity index (χ0v) is 14.7. The molecule has 132 valence electrons. The number of hydrogen-bond acceptors (Lipinski definition) is 3. The Morgan fingerprint density at radius 1 is 1.00 bits per heavy atom. The smallest absolute Gasteiger partial charge is 0.123 e. The average Bonchev–Trinajstić information content (AvgIpc) is 3.13. The topological polar surface area (TPSA) is 29.0 Å². The third-order valence-electron chi connectivity index (χ3n) is 4.94. The number of benzene rings is 1. The molecule has 0 bridgehead atoms. The highest BCUT2D eigenvalue weighted by atomic mass is 19.1. The number of aromatic nitrogens is 2. The lowest BCUT2D eigenvalue weighted by Gasteiger charge is -2.24. The first kappa shape index (κ1) is 16.9. The van der Waals surface area contributed by atoms with E-state index in [4.69, 9.17) is 4.98 Å². The number of pyridine rings is 2. The molecule has 2 aromatic heterocycles. The van der Waals surface area contributed by atoms with E-state index in [0.29, 0.717) is 6.04 Å². The van der Waals surface area contributed by atoms with Crippen molar-refractivity contribution in [2.75, 3.05) is 6.54 Å². The first-order valence-corrected chi connectivity index (χ1v) is 9.11. The van der Waals surface area contributed by atoms with Crippen LogP contribution in [0.4, 0.5) is 4.39 Å². The van der Waals surface area contributed by atoms with Gasteiger partial charge in [0.15, 0.2) is 0 Å². The summed E-state index contributed by atoms with van der Waals surface area (Å²) in [6.45, 7) is 1.99. The second kappa shape index (κ2) is 7.75. The van der Waals surface area contributed by atoms with E-state index in [1.807, 2.05) is 36.7 Å². The molecule has 0 amide bonds. The first-order chi connectivity index (χ1) is 12.8. The van der Waals surface area contributed by atoms with Crippen LogP contribution in [0.5, 0.6) is 0 Å². The van der Waals surface area contributed by atoms with Crippen LogP contribution in [-0.2, 0) is 13.0 Å². The minimum absolute atomic E-state index is 0.201. The summed E-state index contributed by atoms with van der Waals surface area (Å²) < 4.78 is 13.1. The van der Waals surface area contributed by atoms with Crippen LogP contribution in [0.15, 0.2) is 67.0 Å². The third-order valence-corrected chi connectivity index (χ3v) is 4.94. The molecule has 0 radical (unpaired) electrons. The summed E-state index contributed by atoms with van der Waals surface area (Å²) in [5, 5.41) is 0. The molecule has 1 fully saturated rings. The van der Waals surface area contributed by atoms with Gasteiger partial charge in [-0.15, -0.1) is 0 Å². The number of hydrogen-bond donors (Lipinski definition) is 0. The zero-order chi connectivity index (χ0) is 17.8. The summed E-state index contributed by atoms with van der Waals surface area (Å²) in [5.74, 6) is -0.201. The Morgan fingerprint density at radius 2 is 1.88 bits per heavy atom. The number of likely N-dealkylation sites (tertiary alicyclic amines) is 1. The van der Waals surface area contributed by atoms with Crippen molar-refractivity contribution in [2.45, 2.75) is 31.8 Å². The molecule has 4 heteroatoms. The monoisotopic (exact) mass is 347 g/mol. The fourth-order valence-electron chi connectivity index (χ4n) is 3.67. The van der Waals surface area contributed by atoms with Crippen molar-refractivity contribution in [3.63, 3.8) is 0 Å². The van der Waals surface area contributed by atoms with Crippen molar-refractivity contribution in [2.24, 2.45) is 0 Å². The van der Waals surface area contributed by atoms with E-state index < -0.39 is 0 Å². The highest BCUT2D eigenvalue weighted by Gasteiger charge is 2.27. The number of nitrogens with zero attached hydrogens (tertiary/aromatic N) is 3. The van der Waals surface area contributed by atoms with E-state index >= 15 is 0 Å². The highest BCUT2D eigenvalue weighted by Crippen LogP contribution is 2.32. The van der Waals surface area contributed by atoms with Crippen LogP contribution in [0, 0.1) is 5.82 Å². The van der Waals surface area contributed by atoms with Crippen LogP contribution < -0.4 is 0 Å². The number of halogens is 1. The van der Waals surface area contributed by atoms with E-state index in [1.54, 1.807) is 0 Å². The van der Waals surface area contributed by atoms with Gasteiger partial charge in [-0.2, -0.15) is 0 Å². The van der Waals surface area contributed by atoms with Crippen molar-refractivity contribution < 1.29 is 4.39 Å². The molecule has 3 heterocycles. The Morgan fingerprint density at radius 3 is 2.69 bits per heavy atom. The van der Waals surface area contributed by atoms with Gasteiger partial charge in [-0.25, -0.2) is 4.39 Å². The Kier molecular flexibility index (Phi) is 5.02. The van der Waals surface area contributed by atoms with Crippen LogP contribution in [0.1, 0.15) is 41.4 Å². The van der Waals surface area contributed by atoms with Gasteiger partial charge >= 0.3 is 0 Å². The predicted octanol–water partition coefficient (Wildman–Crippen LogP) is 4.54. The maximum absolute atomic E-state index is 13.1. The summed E-state index contributed by atoms with van der Waals surface area (Å²) in [5.41, 5.74) is 4.48. The molecular formula is C22H22FN3. The van der Waals surface area contributed by atoms with Crippen LogP contribution in [0.2, 0.25) is 0 Å². The van der Waals surface area contributed by atoms with E-state index in [1.165, 1.54) is 24.1 Å². The van der Waals surface area contributed by atoms with Crippen molar-refractivity contribution in [1.29, 1.82) is 0 Å². The standard InChI is InChI=1S/C22H22FN3/c23-19-10-8-17(9-11-19)14-20-5-1-6-21(25-20)22-7-3-13-26(22)16-18-4-2-12-24-15-18/h1-2,4-6,8-12,15,22H,3,7,13-14,16H2/t22-/m0/s1. The first-order valence-electron chi connectivity index (χ1n) is 9.11. The second-order valence-corrected chi connectivity index (χ2v) is 6.85. The maximum Gasteiger partial charge on any atom is 0.123 e. The molecule has 1 aromatic carbocycles. The van der Waals surface area contributed by atoms with Crippen LogP contribution in [0.3, 0.4) is 0 Å². The number of rotatable bonds is 5. The van der Waals surface area contributed by atoms with Gasteiger partial charge in [0.1, 0.15) is 5.82 Å². The molecule has 0 aliphatic carbocycles. The lowest BCUT2D eigenvalue weighted by atomic mass is 10.1. The maximum atomic E-state index is 13.1. The molecule has 1 saturated heterocycles. The molecule has 3 aromatic rings. The van der Waals surface area contributed by atoms with Crippen LogP contribution in [-0.4, -0.2) is 21.4 Å². The van der Waals surface area contributed by atoms with E-state index in [9.17, 15) is 4.39 Å². The molecule has 1 atom stereocenters. The molecular weight excluding hydrogens is 325 g/mol. The minimum Gasteiger partial charge on any atom is -0.290 e. The van der Waals surface area contributed by atoms with Gasteiger partial charge in [0, 0.05) is 31.1 Å². The fraction of sp³-hybridized carbons (Fsp3) is 0.273. The van der Waals surface area contributed by atoms with Gasteiger partial charge in [-0.05, 0) is 60.8 Å². The molecule has 4 rings (SSSR count). The van der Waals surface area contributed by atoms with Gasteiger partial charge in [-0.3, -0.25) is 14.9 Å². The van der Waals surface area contributed by atoms with Gasteiger partial charge in [0.25, 0.3) is 0 Å². The summed E-state index contributed by atoms with van der Waals surface area (Å²) in [6, 6.07) is 17.4. The molecule has 3 nitrogen and oxygen atoms in total. The van der Waals surface area contributed by atoms with Crippen molar-refractivity contribution in [1.82, 2.24) is 14.9 Å². The molecule has 26 heavy (non-hydrogen) atoms. The van der Waals surface area contributed by atoms with Crippen LogP contribution in [0.25, 0.3) is 0 Å². The third kappa shape index (κ3) is 3.97. The van der Waals surface area contributed by atoms with E-state index in [-0.39, 0.29) is 5.82 Å². The predicted molar refractivity (Wildman–Crippen MR) is 100 cm³/mol. The highest BCUT2D eigenvalue weighted by molar-refractivity contribution is 5.24. The summed E-state index contributed by atoms with van der Waals surface area (Å²) in [6.07, 6.45) is 6.80. The van der Waals surface area contributed by atoms with Gasteiger partial charge in [-0.1, -0.05) is 24.3 Å². The minimum atomic E-state index is -0.201. The van der Waals surface area contributed by atoms with E-state index in [0.717, 1.165) is 42.9 Å². The Balaban J connectivity index is 1.50. The summed E-state index contributed by atoms with van der Waals surface area (Å²) >= 11 is 0. The molecule has 0 N–H and O–H groups in total. The Labute approximate surface area is 153 Å². The largest absolute Gasteiger partial charge is 0.290 e. The molecule has 0 saturated carbocycles. The van der Waals surface area contributed by atoms with Crippen LogP contribution >= 0.6 is 0 Å². The van der Waals surface area contributed by atoms with Gasteiger partial charge in [0.2, 0.25) is 0 Å². The Hall–Kier alpha value is -2.59. The van der Waals surface area contributed by atoms with Crippen molar-refractivity contribution >= 4 is 0 Å². The average molecular weight is 347 g/mol. The molecule has 0 unspecified atom stereocenters. The quantitative estimate of drug-likeness (QED) is 0.678. The van der Waals surface area contributed by atoms with Gasteiger partial charge in [0.05, 0.1) is 11.7 Å². The van der Waals surface area contributed by atoms with Crippen molar-refractivity contribution in [3.8, 4) is 0 Å². The molecule has 1 aliphatic rings. The molecule has 0 spiro atoms. The summed E-state index contributed by atoms with van der Waals surface area (Å²) in [4.78, 5) is 11.6. The van der Waals surface area contributed by atoms with Gasteiger partial charge < -0.3 is 0 Å². The summed E-state index contributed by atoms with van der Waals surface area (Å²) in [7, 11) is 0. The fourth-order valence-corrected chi connectivity index (χ4v) is 3.67. The SMILES string of the molecule is Fc1ccc(Cc2cccc([C@@H]3CCCN3Cc3cccnc3)n2)cc1. The lowest BCUT2D eigenvalue weighted by molar-refractivity contribution is 0.244. The Bertz CT molecular complexity index is 849. The zero-order valence-electron chi connectivity index (χ0n) is 14.7. The molecule has 1 aliphatic heterocycles. The second-order valence-electron chi connectivity index (χ2n) is 6.85. The van der Waals surface area contributed by atoms with E-state index in [2.05, 4.69) is 28.1 Å². The van der Waals surface area contributed by atoms with Crippen molar-refractivity contribution in [3.05, 3.63) is 95.3 Å². The lowest BCUT2D eigenvalue weighted by Crippen LogP contribution is -2.23. The normalized spacial score (nSPS) is 17.5.